The van der Waals surface area contributed by atoms with Crippen molar-refractivity contribution in [2.75, 3.05) is 20.6 Å². The van der Waals surface area contributed by atoms with Crippen LogP contribution in [0.3, 0.4) is 0 Å². The number of amidine groups is 1. The molecule has 13 heteroatoms. The minimum absolute atomic E-state index is 0.0726. The third-order valence-corrected chi connectivity index (χ3v) is 7.29. The molecule has 2 unspecified atom stereocenters. The molecule has 3 atom stereocenters. The number of hydrogen-bond acceptors (Lipinski definition) is 6. The van der Waals surface area contributed by atoms with Crippen LogP contribution in [0.2, 0.25) is 0 Å². The Morgan fingerprint density at radius 2 is 1.56 bits per heavy atom. The summed E-state index contributed by atoms with van der Waals surface area (Å²) in [4.78, 5) is 57.5. The van der Waals surface area contributed by atoms with E-state index < -0.39 is 41.6 Å². The van der Waals surface area contributed by atoms with Crippen molar-refractivity contribution in [1.29, 1.82) is 5.41 Å². The van der Waals surface area contributed by atoms with E-state index in [1.807, 2.05) is 0 Å². The van der Waals surface area contributed by atoms with E-state index in [-0.39, 0.29) is 37.1 Å². The van der Waals surface area contributed by atoms with Gasteiger partial charge in [0.1, 0.15) is 23.8 Å². The number of carbonyl (C=O) groups is 4. The van der Waals surface area contributed by atoms with Crippen LogP contribution in [0.1, 0.15) is 62.5 Å². The van der Waals surface area contributed by atoms with Gasteiger partial charge in [0.2, 0.25) is 23.6 Å². The molecule has 41 heavy (non-hydrogen) atoms. The van der Waals surface area contributed by atoms with Gasteiger partial charge in [-0.3, -0.25) is 29.6 Å². The monoisotopic (exact) mass is 571 g/mol. The largest absolute Gasteiger partial charge is 0.384 e. The number of nitrogens with zero attached hydrogens (tertiary/aromatic N) is 2. The van der Waals surface area contributed by atoms with Gasteiger partial charge in [-0.15, -0.1) is 0 Å². The predicted molar refractivity (Wildman–Crippen MR) is 158 cm³/mol. The van der Waals surface area contributed by atoms with E-state index >= 15 is 0 Å². The molecule has 4 amide bonds. The average Bonchev–Trinajstić information content (AvgIpc) is 2.92. The van der Waals surface area contributed by atoms with Crippen LogP contribution in [0.5, 0.6) is 0 Å². The van der Waals surface area contributed by atoms with E-state index in [4.69, 9.17) is 28.3 Å². The van der Waals surface area contributed by atoms with Crippen LogP contribution < -0.4 is 33.6 Å². The van der Waals surface area contributed by atoms with E-state index in [0.29, 0.717) is 24.0 Å². The molecular formula is C28H45N9O4. The molecule has 13 nitrogen and oxygen atoms in total. The zero-order valence-corrected chi connectivity index (χ0v) is 24.0. The lowest BCUT2D eigenvalue weighted by Gasteiger charge is -2.29. The van der Waals surface area contributed by atoms with Crippen LogP contribution in [0.15, 0.2) is 29.3 Å². The fraction of sp³-hybridized carbons (Fsp3) is 0.571. The van der Waals surface area contributed by atoms with Crippen molar-refractivity contribution in [3.63, 3.8) is 0 Å². The Kier molecular flexibility index (Phi) is 13.0. The fourth-order valence-electron chi connectivity index (χ4n) is 4.98. The van der Waals surface area contributed by atoms with Gasteiger partial charge < -0.3 is 38.5 Å². The number of nitrogens with two attached hydrogens (primary N) is 4. The lowest BCUT2D eigenvalue weighted by Crippen LogP contribution is -2.55. The molecule has 2 rings (SSSR count). The van der Waals surface area contributed by atoms with Gasteiger partial charge in [-0.05, 0) is 37.2 Å². The first-order valence-electron chi connectivity index (χ1n) is 14.0. The summed E-state index contributed by atoms with van der Waals surface area (Å²) in [6.07, 6.45) is 6.17. The SMILES string of the molecule is CN(C)C(=O)C(Cc1ccc(C(=N)N)cc1)C(=O)NC(CC1CCCCC1)C(=O)N[C@H](CCCN=C(N)N)C(N)=O. The summed E-state index contributed by atoms with van der Waals surface area (Å²) in [5, 5.41) is 13.1. The molecule has 0 radical (unpaired) electrons. The van der Waals surface area contributed by atoms with Crippen LogP contribution in [0.4, 0.5) is 0 Å². The molecule has 0 aliphatic heterocycles. The lowest BCUT2D eigenvalue weighted by atomic mass is 9.84. The Balaban J connectivity index is 2.24. The normalized spacial score (nSPS) is 15.6. The molecule has 0 aromatic heterocycles. The molecule has 0 spiro atoms. The topological polar surface area (TPSA) is 236 Å². The van der Waals surface area contributed by atoms with Crippen LogP contribution >= 0.6 is 0 Å². The van der Waals surface area contributed by atoms with Crippen molar-refractivity contribution in [3.8, 4) is 0 Å². The van der Waals surface area contributed by atoms with Crippen LogP contribution in [0.25, 0.3) is 0 Å². The molecule has 226 valence electrons. The lowest BCUT2D eigenvalue weighted by molar-refractivity contribution is -0.142. The number of carbonyl (C=O) groups excluding carboxylic acids is 4. The van der Waals surface area contributed by atoms with Gasteiger partial charge in [0.05, 0.1) is 0 Å². The summed E-state index contributed by atoms with van der Waals surface area (Å²) in [6, 6.07) is 4.81. The fourth-order valence-corrected chi connectivity index (χ4v) is 4.98. The molecule has 11 N–H and O–H groups in total. The summed E-state index contributed by atoms with van der Waals surface area (Å²) in [7, 11) is 3.13. The predicted octanol–water partition coefficient (Wildman–Crippen LogP) is -0.304. The van der Waals surface area contributed by atoms with E-state index in [0.717, 1.165) is 32.1 Å². The third-order valence-electron chi connectivity index (χ3n) is 7.29. The molecule has 0 bridgehead atoms. The molecule has 0 saturated heterocycles. The van der Waals surface area contributed by atoms with Gasteiger partial charge in [0, 0.05) is 26.2 Å². The van der Waals surface area contributed by atoms with Gasteiger partial charge in [-0.2, -0.15) is 0 Å². The highest BCUT2D eigenvalue weighted by molar-refractivity contribution is 6.02. The third kappa shape index (κ3) is 11.1. The van der Waals surface area contributed by atoms with E-state index in [1.54, 1.807) is 38.4 Å². The van der Waals surface area contributed by atoms with Crippen molar-refractivity contribution in [3.05, 3.63) is 35.4 Å². The second kappa shape index (κ2) is 16.2. The first-order valence-corrected chi connectivity index (χ1v) is 14.0. The summed E-state index contributed by atoms with van der Waals surface area (Å²) < 4.78 is 0. The number of amides is 4. The molecule has 1 aromatic rings. The average molecular weight is 572 g/mol. The minimum Gasteiger partial charge on any atom is -0.384 e. The maximum Gasteiger partial charge on any atom is 0.243 e. The summed E-state index contributed by atoms with van der Waals surface area (Å²) in [5.74, 6) is -3.27. The summed E-state index contributed by atoms with van der Waals surface area (Å²) in [6.45, 7) is 0.270. The Morgan fingerprint density at radius 1 is 0.951 bits per heavy atom. The number of rotatable bonds is 15. The van der Waals surface area contributed by atoms with Crippen molar-refractivity contribution in [2.24, 2.45) is 39.8 Å². The highest BCUT2D eigenvalue weighted by atomic mass is 16.2. The second-order valence-electron chi connectivity index (χ2n) is 10.8. The summed E-state index contributed by atoms with van der Waals surface area (Å²) >= 11 is 0. The van der Waals surface area contributed by atoms with Gasteiger partial charge in [0.15, 0.2) is 5.96 Å². The van der Waals surface area contributed by atoms with Crippen molar-refractivity contribution >= 4 is 35.4 Å². The highest BCUT2D eigenvalue weighted by Gasteiger charge is 2.34. The molecule has 1 fully saturated rings. The quantitative estimate of drug-likeness (QED) is 0.0641. The second-order valence-corrected chi connectivity index (χ2v) is 10.8. The number of primary amides is 1. The highest BCUT2D eigenvalue weighted by Crippen LogP contribution is 2.27. The first-order chi connectivity index (χ1) is 19.4. The Labute approximate surface area is 241 Å². The van der Waals surface area contributed by atoms with Gasteiger partial charge in [-0.25, -0.2) is 0 Å². The number of nitrogens with one attached hydrogen (secondary N) is 3. The van der Waals surface area contributed by atoms with Crippen LogP contribution in [-0.4, -0.2) is 73.0 Å². The van der Waals surface area contributed by atoms with Crippen LogP contribution in [0, 0.1) is 17.2 Å². The van der Waals surface area contributed by atoms with Crippen molar-refractivity contribution < 1.29 is 19.2 Å². The van der Waals surface area contributed by atoms with Crippen molar-refractivity contribution in [2.45, 2.75) is 69.9 Å². The van der Waals surface area contributed by atoms with E-state index in [9.17, 15) is 19.2 Å². The minimum atomic E-state index is -1.10. The van der Waals surface area contributed by atoms with Crippen molar-refractivity contribution in [1.82, 2.24) is 15.5 Å². The number of guanidine groups is 1. The standard InChI is InChI=1S/C28H45N9O4/c1-37(2)27(41)20(15-18-10-12-19(13-11-18)23(29)30)25(39)36-22(16-17-7-4-3-5-8-17)26(40)35-21(24(31)38)9-6-14-34-28(32)33/h10-13,17,20-22H,3-9,14-16H2,1-2H3,(H3,29,30)(H2,31,38)(H,35,40)(H,36,39)(H4,32,33,34)/t20?,21-,22?/m1/s1. The Hall–Kier alpha value is -4.16. The number of aliphatic imine (C=N–C) groups is 1. The number of nitrogen functional groups attached to an aromatic ring is 1. The van der Waals surface area contributed by atoms with Gasteiger partial charge in [0.25, 0.3) is 0 Å². The maximum atomic E-state index is 13.6. The molecule has 1 aliphatic carbocycles. The summed E-state index contributed by atoms with van der Waals surface area (Å²) in [5.41, 5.74) is 23.0. The first kappa shape index (κ1) is 33.0. The Morgan fingerprint density at radius 3 is 2.10 bits per heavy atom. The number of benzene rings is 1. The molecular weight excluding hydrogens is 526 g/mol. The molecule has 1 aliphatic rings. The molecule has 1 aromatic carbocycles. The van der Waals surface area contributed by atoms with E-state index in [2.05, 4.69) is 15.6 Å². The number of hydrogen-bond donors (Lipinski definition) is 7. The zero-order valence-electron chi connectivity index (χ0n) is 24.0. The zero-order chi connectivity index (χ0) is 30.5. The van der Waals surface area contributed by atoms with E-state index in [1.165, 1.54) is 4.90 Å². The Bertz CT molecular complexity index is 1090. The molecule has 1 saturated carbocycles. The maximum absolute atomic E-state index is 13.6. The van der Waals surface area contributed by atoms with Gasteiger partial charge >= 0.3 is 0 Å². The van der Waals surface area contributed by atoms with Gasteiger partial charge in [-0.1, -0.05) is 56.4 Å². The smallest absolute Gasteiger partial charge is 0.243 e. The van der Waals surface area contributed by atoms with Crippen LogP contribution in [-0.2, 0) is 25.6 Å². The molecule has 0 heterocycles.